The predicted octanol–water partition coefficient (Wildman–Crippen LogP) is 0.115. The van der Waals surface area contributed by atoms with Gasteiger partial charge in [-0.3, -0.25) is 4.79 Å². The molecular weight excluding hydrogens is 132 g/mol. The maximum Gasteiger partial charge on any atom is 0.161 e. The van der Waals surface area contributed by atoms with Crippen LogP contribution in [0, 0.1) is 0 Å². The zero-order valence-corrected chi connectivity index (χ0v) is 6.04. The molecular formula is C7H12O3. The minimum absolute atomic E-state index is 0.0767. The van der Waals surface area contributed by atoms with Crippen LogP contribution < -0.4 is 0 Å². The zero-order chi connectivity index (χ0) is 7.56. The van der Waals surface area contributed by atoms with Crippen LogP contribution in [-0.2, 0) is 9.53 Å². The molecule has 2 atom stereocenters. The third kappa shape index (κ3) is 1.55. The molecule has 3 heteroatoms. The quantitative estimate of drug-likeness (QED) is 0.568. The van der Waals surface area contributed by atoms with Crippen LogP contribution in [-0.4, -0.2) is 29.7 Å². The SMILES string of the molecule is CC(=O)C1OCCCC1O. The second kappa shape index (κ2) is 3.12. The van der Waals surface area contributed by atoms with Crippen LogP contribution in [0.15, 0.2) is 0 Å². The highest BCUT2D eigenvalue weighted by Crippen LogP contribution is 2.13. The van der Waals surface area contributed by atoms with E-state index in [4.69, 9.17) is 4.74 Å². The molecule has 1 rings (SSSR count). The van der Waals surface area contributed by atoms with E-state index in [0.717, 1.165) is 6.42 Å². The molecule has 0 amide bonds. The van der Waals surface area contributed by atoms with Crippen molar-refractivity contribution in [2.75, 3.05) is 6.61 Å². The molecule has 3 nitrogen and oxygen atoms in total. The maximum absolute atomic E-state index is 10.7. The number of ether oxygens (including phenoxy) is 1. The van der Waals surface area contributed by atoms with Gasteiger partial charge in [0.05, 0.1) is 6.10 Å². The zero-order valence-electron chi connectivity index (χ0n) is 6.04. The van der Waals surface area contributed by atoms with Crippen molar-refractivity contribution in [3.8, 4) is 0 Å². The standard InChI is InChI=1S/C7H12O3/c1-5(8)7-6(9)3-2-4-10-7/h6-7,9H,2-4H2,1H3. The van der Waals surface area contributed by atoms with E-state index in [9.17, 15) is 9.90 Å². The summed E-state index contributed by atoms with van der Waals surface area (Å²) in [5, 5.41) is 9.19. The molecule has 0 radical (unpaired) electrons. The second-order valence-corrected chi connectivity index (χ2v) is 2.61. The molecule has 1 aliphatic heterocycles. The third-order valence-corrected chi connectivity index (χ3v) is 1.69. The Bertz CT molecular complexity index is 133. The Balaban J connectivity index is 2.47. The number of Topliss-reactive ketones (excluding diaryl/α,β-unsaturated/α-hetero) is 1. The lowest BCUT2D eigenvalue weighted by Gasteiger charge is -2.25. The first-order valence-electron chi connectivity index (χ1n) is 3.52. The van der Waals surface area contributed by atoms with Gasteiger partial charge in [-0.2, -0.15) is 0 Å². The van der Waals surface area contributed by atoms with Crippen LogP contribution in [0.4, 0.5) is 0 Å². The van der Waals surface area contributed by atoms with Crippen molar-refractivity contribution < 1.29 is 14.6 Å². The molecule has 0 bridgehead atoms. The molecule has 2 unspecified atom stereocenters. The number of hydrogen-bond donors (Lipinski definition) is 1. The molecule has 58 valence electrons. The number of carbonyl (C=O) groups is 1. The van der Waals surface area contributed by atoms with Gasteiger partial charge in [-0.15, -0.1) is 0 Å². The fourth-order valence-electron chi connectivity index (χ4n) is 1.15. The highest BCUT2D eigenvalue weighted by Gasteiger charge is 2.27. The summed E-state index contributed by atoms with van der Waals surface area (Å²) in [6.45, 7) is 2.04. The molecule has 1 aliphatic rings. The molecule has 1 N–H and O–H groups in total. The van der Waals surface area contributed by atoms with Crippen LogP contribution in [0.25, 0.3) is 0 Å². The third-order valence-electron chi connectivity index (χ3n) is 1.69. The van der Waals surface area contributed by atoms with Crippen molar-refractivity contribution >= 4 is 5.78 Å². The summed E-state index contributed by atoms with van der Waals surface area (Å²) in [5.74, 6) is -0.0767. The molecule has 10 heavy (non-hydrogen) atoms. The summed E-state index contributed by atoms with van der Waals surface area (Å²) in [5.41, 5.74) is 0. The van der Waals surface area contributed by atoms with E-state index < -0.39 is 12.2 Å². The van der Waals surface area contributed by atoms with Crippen LogP contribution in [0.1, 0.15) is 19.8 Å². The Kier molecular flexibility index (Phi) is 2.40. The molecule has 0 aromatic rings. The van der Waals surface area contributed by atoms with Gasteiger partial charge in [0, 0.05) is 6.61 Å². The highest BCUT2D eigenvalue weighted by molar-refractivity contribution is 5.81. The summed E-state index contributed by atoms with van der Waals surface area (Å²) >= 11 is 0. The first-order chi connectivity index (χ1) is 4.72. The Labute approximate surface area is 60.0 Å². The minimum Gasteiger partial charge on any atom is -0.390 e. The number of ketones is 1. The Hall–Kier alpha value is -0.410. The van der Waals surface area contributed by atoms with E-state index in [1.54, 1.807) is 0 Å². The van der Waals surface area contributed by atoms with Crippen molar-refractivity contribution in [1.29, 1.82) is 0 Å². The lowest BCUT2D eigenvalue weighted by Crippen LogP contribution is -2.39. The summed E-state index contributed by atoms with van der Waals surface area (Å²) in [7, 11) is 0. The average molecular weight is 144 g/mol. The van der Waals surface area contributed by atoms with Crippen molar-refractivity contribution in [2.24, 2.45) is 0 Å². The van der Waals surface area contributed by atoms with E-state index in [-0.39, 0.29) is 5.78 Å². The van der Waals surface area contributed by atoms with E-state index in [2.05, 4.69) is 0 Å². The molecule has 1 fully saturated rings. The monoisotopic (exact) mass is 144 g/mol. The molecule has 0 aromatic carbocycles. The van der Waals surface area contributed by atoms with Crippen molar-refractivity contribution in [1.82, 2.24) is 0 Å². The van der Waals surface area contributed by atoms with Crippen molar-refractivity contribution in [3.05, 3.63) is 0 Å². The minimum atomic E-state index is -0.578. The highest BCUT2D eigenvalue weighted by atomic mass is 16.5. The first-order valence-corrected chi connectivity index (χ1v) is 3.52. The lowest BCUT2D eigenvalue weighted by atomic mass is 10.0. The van der Waals surface area contributed by atoms with E-state index in [1.165, 1.54) is 6.92 Å². The van der Waals surface area contributed by atoms with Gasteiger partial charge in [0.25, 0.3) is 0 Å². The Morgan fingerprint density at radius 2 is 2.40 bits per heavy atom. The average Bonchev–Trinajstić information content (AvgIpc) is 1.88. The first kappa shape index (κ1) is 7.69. The Morgan fingerprint density at radius 3 is 2.80 bits per heavy atom. The number of aliphatic hydroxyl groups excluding tert-OH is 1. The van der Waals surface area contributed by atoms with Gasteiger partial charge in [-0.05, 0) is 19.8 Å². The van der Waals surface area contributed by atoms with E-state index in [1.807, 2.05) is 0 Å². The van der Waals surface area contributed by atoms with Gasteiger partial charge in [0.15, 0.2) is 5.78 Å². The molecule has 0 aromatic heterocycles. The smallest absolute Gasteiger partial charge is 0.161 e. The van der Waals surface area contributed by atoms with Gasteiger partial charge < -0.3 is 9.84 Å². The number of hydrogen-bond acceptors (Lipinski definition) is 3. The van der Waals surface area contributed by atoms with Gasteiger partial charge >= 0.3 is 0 Å². The predicted molar refractivity (Wildman–Crippen MR) is 35.7 cm³/mol. The van der Waals surface area contributed by atoms with Crippen molar-refractivity contribution in [3.63, 3.8) is 0 Å². The summed E-state index contributed by atoms with van der Waals surface area (Å²) in [6.07, 6.45) is 0.398. The number of aliphatic hydroxyl groups is 1. The van der Waals surface area contributed by atoms with Crippen molar-refractivity contribution in [2.45, 2.75) is 32.0 Å². The fraction of sp³-hybridized carbons (Fsp3) is 0.857. The van der Waals surface area contributed by atoms with Gasteiger partial charge in [0.2, 0.25) is 0 Å². The van der Waals surface area contributed by atoms with E-state index in [0.29, 0.717) is 13.0 Å². The molecule has 0 aliphatic carbocycles. The summed E-state index contributed by atoms with van der Waals surface area (Å²) < 4.78 is 5.05. The second-order valence-electron chi connectivity index (χ2n) is 2.61. The maximum atomic E-state index is 10.7. The number of carbonyl (C=O) groups excluding carboxylic acids is 1. The van der Waals surface area contributed by atoms with Gasteiger partial charge in [-0.25, -0.2) is 0 Å². The molecule has 0 spiro atoms. The Morgan fingerprint density at radius 1 is 1.70 bits per heavy atom. The van der Waals surface area contributed by atoms with Crippen LogP contribution in [0.5, 0.6) is 0 Å². The van der Waals surface area contributed by atoms with Crippen LogP contribution in [0.2, 0.25) is 0 Å². The van der Waals surface area contributed by atoms with Gasteiger partial charge in [0.1, 0.15) is 6.10 Å². The largest absolute Gasteiger partial charge is 0.390 e. The fourth-order valence-corrected chi connectivity index (χ4v) is 1.15. The molecule has 0 saturated carbocycles. The normalized spacial score (nSPS) is 33.8. The number of rotatable bonds is 1. The summed E-state index contributed by atoms with van der Waals surface area (Å²) in [6, 6.07) is 0. The lowest BCUT2D eigenvalue weighted by molar-refractivity contribution is -0.141. The van der Waals surface area contributed by atoms with Crippen LogP contribution in [0.3, 0.4) is 0 Å². The molecule has 1 saturated heterocycles. The van der Waals surface area contributed by atoms with Gasteiger partial charge in [-0.1, -0.05) is 0 Å². The molecule has 1 heterocycles. The van der Waals surface area contributed by atoms with E-state index >= 15 is 0 Å². The topological polar surface area (TPSA) is 46.5 Å². The summed E-state index contributed by atoms with van der Waals surface area (Å²) in [4.78, 5) is 10.7. The van der Waals surface area contributed by atoms with Crippen LogP contribution >= 0.6 is 0 Å².